The molecule has 0 unspecified atom stereocenters. The molecule has 94 valence electrons. The summed E-state index contributed by atoms with van der Waals surface area (Å²) in [7, 11) is 0. The average molecular weight is 252 g/mol. The first kappa shape index (κ1) is 11.4. The van der Waals surface area contributed by atoms with E-state index in [0.29, 0.717) is 6.61 Å². The molecule has 1 aromatic carbocycles. The molecule has 0 aliphatic carbocycles. The Morgan fingerprint density at radius 1 is 1.05 bits per heavy atom. The zero-order valence-electron chi connectivity index (χ0n) is 10.2. The minimum absolute atomic E-state index is 0.446. The monoisotopic (exact) mass is 252 g/mol. The zero-order chi connectivity index (χ0) is 12.9. The van der Waals surface area contributed by atoms with Crippen LogP contribution in [0.4, 0.5) is 0 Å². The Morgan fingerprint density at radius 2 is 2.05 bits per heavy atom. The van der Waals surface area contributed by atoms with Gasteiger partial charge >= 0.3 is 0 Å². The second-order valence-electron chi connectivity index (χ2n) is 3.95. The molecular weight excluding hydrogens is 240 g/mol. The summed E-state index contributed by atoms with van der Waals surface area (Å²) in [5.74, 6) is 0.777. The van der Waals surface area contributed by atoms with Crippen molar-refractivity contribution in [2.24, 2.45) is 0 Å². The number of nitrogens with zero attached hydrogens (tertiary/aromatic N) is 4. The van der Waals surface area contributed by atoms with Gasteiger partial charge in [-0.25, -0.2) is 4.68 Å². The quantitative estimate of drug-likeness (QED) is 0.714. The zero-order valence-corrected chi connectivity index (χ0v) is 10.2. The number of ether oxygens (including phenoxy) is 1. The van der Waals surface area contributed by atoms with E-state index in [4.69, 9.17) is 4.74 Å². The molecule has 5 heteroatoms. The van der Waals surface area contributed by atoms with Crippen molar-refractivity contribution >= 4 is 0 Å². The van der Waals surface area contributed by atoms with Gasteiger partial charge in [0.05, 0.1) is 23.8 Å². The Kier molecular flexibility index (Phi) is 3.18. The van der Waals surface area contributed by atoms with E-state index in [-0.39, 0.29) is 0 Å². The maximum Gasteiger partial charge on any atom is 0.130 e. The summed E-state index contributed by atoms with van der Waals surface area (Å²) in [6, 6.07) is 13.4. The molecule has 0 N–H and O–H groups in total. The second kappa shape index (κ2) is 5.30. The highest BCUT2D eigenvalue weighted by atomic mass is 16.5. The Morgan fingerprint density at radius 3 is 2.84 bits per heavy atom. The molecule has 5 nitrogen and oxygen atoms in total. The molecule has 0 amide bonds. The lowest BCUT2D eigenvalue weighted by molar-refractivity contribution is 0.301. The highest BCUT2D eigenvalue weighted by molar-refractivity contribution is 5.38. The first-order valence-corrected chi connectivity index (χ1v) is 5.91. The van der Waals surface area contributed by atoms with Gasteiger partial charge in [-0.15, -0.1) is 5.10 Å². The van der Waals surface area contributed by atoms with E-state index in [2.05, 4.69) is 15.3 Å². The number of aromatic nitrogens is 4. The molecule has 3 aromatic rings. The molecule has 2 heterocycles. The highest BCUT2D eigenvalue weighted by Gasteiger charge is 2.00. The summed E-state index contributed by atoms with van der Waals surface area (Å²) in [6.45, 7) is 0.446. The number of benzene rings is 1. The van der Waals surface area contributed by atoms with Gasteiger partial charge in [-0.05, 0) is 24.3 Å². The lowest BCUT2D eigenvalue weighted by Gasteiger charge is -2.07. The fourth-order valence-electron chi connectivity index (χ4n) is 1.70. The lowest BCUT2D eigenvalue weighted by Crippen LogP contribution is -1.99. The van der Waals surface area contributed by atoms with Gasteiger partial charge in [0.15, 0.2) is 0 Å². The predicted octanol–water partition coefficient (Wildman–Crippen LogP) is 2.24. The largest absolute Gasteiger partial charge is 0.487 e. The third kappa shape index (κ3) is 2.77. The van der Waals surface area contributed by atoms with Crippen LogP contribution in [0.5, 0.6) is 5.75 Å². The molecule has 3 rings (SSSR count). The fraction of sp³-hybridized carbons (Fsp3) is 0.0714. The van der Waals surface area contributed by atoms with E-state index in [9.17, 15) is 0 Å². The van der Waals surface area contributed by atoms with Gasteiger partial charge in [-0.1, -0.05) is 17.3 Å². The van der Waals surface area contributed by atoms with Crippen molar-refractivity contribution in [2.75, 3.05) is 0 Å². The van der Waals surface area contributed by atoms with Crippen molar-refractivity contribution in [2.45, 2.75) is 6.61 Å². The molecule has 0 atom stereocenters. The number of hydrogen-bond acceptors (Lipinski definition) is 4. The molecule has 0 saturated heterocycles. The SMILES string of the molecule is c1ccc(COc2cccc(-n3ccnn3)c2)nc1. The summed E-state index contributed by atoms with van der Waals surface area (Å²) in [4.78, 5) is 4.21. The van der Waals surface area contributed by atoms with Crippen LogP contribution in [-0.2, 0) is 6.61 Å². The molecular formula is C14H12N4O. The Hall–Kier alpha value is -2.69. The molecule has 0 saturated carbocycles. The summed E-state index contributed by atoms with van der Waals surface area (Å²) in [5, 5.41) is 7.73. The maximum atomic E-state index is 5.71. The molecule has 2 aromatic heterocycles. The number of hydrogen-bond donors (Lipinski definition) is 0. The van der Waals surface area contributed by atoms with Gasteiger partial charge < -0.3 is 4.74 Å². The third-order valence-corrected chi connectivity index (χ3v) is 2.62. The molecule has 0 fully saturated rings. The van der Waals surface area contributed by atoms with Crippen LogP contribution in [0.1, 0.15) is 5.69 Å². The van der Waals surface area contributed by atoms with E-state index in [1.807, 2.05) is 42.5 Å². The van der Waals surface area contributed by atoms with Crippen LogP contribution in [0.3, 0.4) is 0 Å². The van der Waals surface area contributed by atoms with Crippen molar-refractivity contribution in [1.82, 2.24) is 20.0 Å². The van der Waals surface area contributed by atoms with Gasteiger partial charge in [-0.2, -0.15) is 0 Å². The summed E-state index contributed by atoms with van der Waals surface area (Å²) in [6.07, 6.45) is 5.18. The second-order valence-corrected chi connectivity index (χ2v) is 3.95. The Labute approximate surface area is 110 Å². The Balaban J connectivity index is 1.74. The van der Waals surface area contributed by atoms with E-state index >= 15 is 0 Å². The summed E-state index contributed by atoms with van der Waals surface area (Å²) in [5.41, 5.74) is 1.81. The van der Waals surface area contributed by atoms with E-state index in [1.165, 1.54) is 0 Å². The van der Waals surface area contributed by atoms with Crippen LogP contribution in [-0.4, -0.2) is 20.0 Å². The van der Waals surface area contributed by atoms with Crippen molar-refractivity contribution in [3.8, 4) is 11.4 Å². The van der Waals surface area contributed by atoms with Gasteiger partial charge in [0.2, 0.25) is 0 Å². The minimum atomic E-state index is 0.446. The Bertz CT molecular complexity index is 638. The highest BCUT2D eigenvalue weighted by Crippen LogP contribution is 2.16. The van der Waals surface area contributed by atoms with Crippen LogP contribution >= 0.6 is 0 Å². The van der Waals surface area contributed by atoms with Crippen molar-refractivity contribution in [1.29, 1.82) is 0 Å². The lowest BCUT2D eigenvalue weighted by atomic mass is 10.3. The van der Waals surface area contributed by atoms with Crippen LogP contribution in [0.25, 0.3) is 5.69 Å². The fourth-order valence-corrected chi connectivity index (χ4v) is 1.70. The number of pyridine rings is 1. The van der Waals surface area contributed by atoms with E-state index in [1.54, 1.807) is 23.3 Å². The molecule has 0 spiro atoms. The molecule has 0 radical (unpaired) electrons. The first-order valence-electron chi connectivity index (χ1n) is 5.91. The minimum Gasteiger partial charge on any atom is -0.487 e. The average Bonchev–Trinajstić information content (AvgIpc) is 3.01. The maximum absolute atomic E-state index is 5.71. The van der Waals surface area contributed by atoms with Crippen molar-refractivity contribution < 1.29 is 4.74 Å². The van der Waals surface area contributed by atoms with Crippen LogP contribution in [0, 0.1) is 0 Å². The molecule has 0 aliphatic rings. The molecule has 0 bridgehead atoms. The summed E-state index contributed by atoms with van der Waals surface area (Å²) >= 11 is 0. The molecule has 19 heavy (non-hydrogen) atoms. The third-order valence-electron chi connectivity index (χ3n) is 2.62. The standard InChI is InChI=1S/C14H12N4O/c1-2-7-15-12(4-1)11-19-14-6-3-5-13(10-14)18-9-8-16-17-18/h1-10H,11H2. The van der Waals surface area contributed by atoms with Crippen LogP contribution in [0.2, 0.25) is 0 Å². The molecule has 0 aliphatic heterocycles. The van der Waals surface area contributed by atoms with Gasteiger partial charge in [0.1, 0.15) is 12.4 Å². The van der Waals surface area contributed by atoms with E-state index in [0.717, 1.165) is 17.1 Å². The number of rotatable bonds is 4. The summed E-state index contributed by atoms with van der Waals surface area (Å²) < 4.78 is 7.39. The van der Waals surface area contributed by atoms with Crippen molar-refractivity contribution in [3.05, 3.63) is 66.7 Å². The first-order chi connectivity index (χ1) is 9.42. The van der Waals surface area contributed by atoms with Crippen LogP contribution < -0.4 is 4.74 Å². The predicted molar refractivity (Wildman–Crippen MR) is 69.9 cm³/mol. The van der Waals surface area contributed by atoms with Gasteiger partial charge in [-0.3, -0.25) is 4.98 Å². The normalized spacial score (nSPS) is 10.3. The topological polar surface area (TPSA) is 52.8 Å². The van der Waals surface area contributed by atoms with Gasteiger partial charge in [0.25, 0.3) is 0 Å². The smallest absolute Gasteiger partial charge is 0.130 e. The van der Waals surface area contributed by atoms with Crippen molar-refractivity contribution in [3.63, 3.8) is 0 Å². The van der Waals surface area contributed by atoms with Gasteiger partial charge in [0, 0.05) is 12.3 Å². The van der Waals surface area contributed by atoms with Crippen LogP contribution in [0.15, 0.2) is 61.1 Å². The van der Waals surface area contributed by atoms with E-state index < -0.39 is 0 Å².